The first-order valence-electron chi connectivity index (χ1n) is 7.51. The number of benzene rings is 2. The average molecular weight is 343 g/mol. The number of hydrogen-bond donors (Lipinski definition) is 0. The second-order valence-corrected chi connectivity index (χ2v) is 5.63. The fourth-order valence-corrected chi connectivity index (χ4v) is 2.34. The third-order valence-electron chi connectivity index (χ3n) is 3.29. The maximum absolute atomic E-state index is 11.8. The van der Waals surface area contributed by atoms with E-state index in [1.165, 1.54) is 0 Å². The normalized spacial score (nSPS) is 10.5. The molecule has 3 aromatic rings. The Kier molecular flexibility index (Phi) is 5.23. The molecule has 24 heavy (non-hydrogen) atoms. The standard InChI is InChI=1S/C18H15ClN2O3/c19-14-7-4-8-15(12-14)23-18(22)10-9-17-20-16(21-24-17)11-13-5-2-1-3-6-13/h1-8,12H,9-11H2. The molecule has 0 bridgehead atoms. The van der Waals surface area contributed by atoms with Crippen molar-refractivity contribution >= 4 is 17.6 Å². The van der Waals surface area contributed by atoms with Crippen molar-refractivity contribution in [3.8, 4) is 5.75 Å². The van der Waals surface area contributed by atoms with Gasteiger partial charge in [0.25, 0.3) is 0 Å². The zero-order valence-electron chi connectivity index (χ0n) is 12.8. The Balaban J connectivity index is 1.51. The Hall–Kier alpha value is -2.66. The molecule has 0 aliphatic heterocycles. The van der Waals surface area contributed by atoms with Crippen molar-refractivity contribution in [3.05, 3.63) is 76.9 Å². The molecule has 1 aromatic heterocycles. The van der Waals surface area contributed by atoms with Crippen LogP contribution < -0.4 is 4.74 Å². The molecule has 0 amide bonds. The Morgan fingerprint density at radius 2 is 1.96 bits per heavy atom. The van der Waals surface area contributed by atoms with E-state index in [9.17, 15) is 4.79 Å². The van der Waals surface area contributed by atoms with Crippen molar-refractivity contribution in [1.29, 1.82) is 0 Å². The molecule has 0 unspecified atom stereocenters. The summed E-state index contributed by atoms with van der Waals surface area (Å²) in [5.41, 5.74) is 1.10. The van der Waals surface area contributed by atoms with Gasteiger partial charge in [0, 0.05) is 17.9 Å². The van der Waals surface area contributed by atoms with E-state index >= 15 is 0 Å². The predicted molar refractivity (Wildman–Crippen MR) is 89.0 cm³/mol. The summed E-state index contributed by atoms with van der Waals surface area (Å²) in [7, 11) is 0. The number of esters is 1. The summed E-state index contributed by atoms with van der Waals surface area (Å²) in [4.78, 5) is 16.1. The fraction of sp³-hybridized carbons (Fsp3) is 0.167. The quantitative estimate of drug-likeness (QED) is 0.503. The van der Waals surface area contributed by atoms with Crippen LogP contribution in [0.5, 0.6) is 5.75 Å². The van der Waals surface area contributed by atoms with Crippen LogP contribution in [0.2, 0.25) is 5.02 Å². The van der Waals surface area contributed by atoms with Crippen LogP contribution in [0.25, 0.3) is 0 Å². The van der Waals surface area contributed by atoms with Crippen molar-refractivity contribution in [2.24, 2.45) is 0 Å². The first kappa shape index (κ1) is 16.2. The molecule has 0 saturated heterocycles. The molecular weight excluding hydrogens is 328 g/mol. The smallest absolute Gasteiger partial charge is 0.311 e. The highest BCUT2D eigenvalue weighted by Crippen LogP contribution is 2.18. The molecule has 0 N–H and O–H groups in total. The Morgan fingerprint density at radius 1 is 1.12 bits per heavy atom. The number of halogens is 1. The SMILES string of the molecule is O=C(CCc1nc(Cc2ccccc2)no1)Oc1cccc(Cl)c1. The summed E-state index contributed by atoms with van der Waals surface area (Å²) >= 11 is 5.85. The molecule has 0 aliphatic rings. The maximum atomic E-state index is 11.8. The molecule has 122 valence electrons. The summed E-state index contributed by atoms with van der Waals surface area (Å²) in [5.74, 6) is 1.06. The number of carbonyl (C=O) groups is 1. The van der Waals surface area contributed by atoms with Gasteiger partial charge >= 0.3 is 5.97 Å². The summed E-state index contributed by atoms with van der Waals surface area (Å²) in [6.07, 6.45) is 1.08. The van der Waals surface area contributed by atoms with Gasteiger partial charge in [-0.1, -0.05) is 53.2 Å². The van der Waals surface area contributed by atoms with E-state index in [2.05, 4.69) is 10.1 Å². The molecule has 5 nitrogen and oxygen atoms in total. The number of hydrogen-bond acceptors (Lipinski definition) is 5. The van der Waals surface area contributed by atoms with E-state index in [1.54, 1.807) is 24.3 Å². The Morgan fingerprint density at radius 3 is 2.75 bits per heavy atom. The van der Waals surface area contributed by atoms with Crippen molar-refractivity contribution in [2.75, 3.05) is 0 Å². The van der Waals surface area contributed by atoms with Gasteiger partial charge in [-0.2, -0.15) is 4.98 Å². The highest BCUT2D eigenvalue weighted by Gasteiger charge is 2.11. The summed E-state index contributed by atoms with van der Waals surface area (Å²) in [6, 6.07) is 16.6. The minimum atomic E-state index is -0.375. The lowest BCUT2D eigenvalue weighted by atomic mass is 10.1. The summed E-state index contributed by atoms with van der Waals surface area (Å²) in [5, 5.41) is 4.45. The van der Waals surface area contributed by atoms with Gasteiger partial charge in [-0.15, -0.1) is 0 Å². The number of rotatable bonds is 6. The molecule has 6 heteroatoms. The lowest BCUT2D eigenvalue weighted by Crippen LogP contribution is -2.09. The summed E-state index contributed by atoms with van der Waals surface area (Å²) < 4.78 is 10.4. The second kappa shape index (κ2) is 7.75. The van der Waals surface area contributed by atoms with Gasteiger partial charge in [0.15, 0.2) is 5.82 Å². The van der Waals surface area contributed by atoms with Gasteiger partial charge in [0.2, 0.25) is 5.89 Å². The number of ether oxygens (including phenoxy) is 1. The van der Waals surface area contributed by atoms with Gasteiger partial charge in [0.05, 0.1) is 6.42 Å². The van der Waals surface area contributed by atoms with E-state index in [0.29, 0.717) is 35.3 Å². The van der Waals surface area contributed by atoms with Crippen LogP contribution in [-0.2, 0) is 17.6 Å². The molecule has 0 spiro atoms. The van der Waals surface area contributed by atoms with Gasteiger partial charge in [-0.05, 0) is 23.8 Å². The zero-order valence-corrected chi connectivity index (χ0v) is 13.6. The zero-order chi connectivity index (χ0) is 16.8. The number of aromatic nitrogens is 2. The molecular formula is C18H15ClN2O3. The predicted octanol–water partition coefficient (Wildman–Crippen LogP) is 3.85. The van der Waals surface area contributed by atoms with Crippen LogP contribution in [0.15, 0.2) is 59.1 Å². The van der Waals surface area contributed by atoms with Gasteiger partial charge in [-0.3, -0.25) is 4.79 Å². The number of carbonyl (C=O) groups excluding carboxylic acids is 1. The van der Waals surface area contributed by atoms with Gasteiger partial charge in [-0.25, -0.2) is 0 Å². The fourth-order valence-electron chi connectivity index (χ4n) is 2.16. The average Bonchev–Trinajstić information content (AvgIpc) is 3.01. The minimum absolute atomic E-state index is 0.152. The highest BCUT2D eigenvalue weighted by atomic mass is 35.5. The van der Waals surface area contributed by atoms with Crippen LogP contribution >= 0.6 is 11.6 Å². The molecule has 3 rings (SSSR count). The minimum Gasteiger partial charge on any atom is -0.426 e. The molecule has 0 atom stereocenters. The monoisotopic (exact) mass is 342 g/mol. The van der Waals surface area contributed by atoms with Gasteiger partial charge < -0.3 is 9.26 Å². The molecule has 1 heterocycles. The van der Waals surface area contributed by atoms with Crippen LogP contribution in [0.3, 0.4) is 0 Å². The topological polar surface area (TPSA) is 65.2 Å². The summed E-state index contributed by atoms with van der Waals surface area (Å²) in [6.45, 7) is 0. The van der Waals surface area contributed by atoms with Crippen molar-refractivity contribution in [2.45, 2.75) is 19.3 Å². The van der Waals surface area contributed by atoms with E-state index in [0.717, 1.165) is 5.56 Å². The molecule has 0 saturated carbocycles. The van der Waals surface area contributed by atoms with Crippen LogP contribution in [0.4, 0.5) is 0 Å². The van der Waals surface area contributed by atoms with Crippen molar-refractivity contribution < 1.29 is 14.1 Å². The van der Waals surface area contributed by atoms with E-state index in [4.69, 9.17) is 20.9 Å². The lowest BCUT2D eigenvalue weighted by Gasteiger charge is -2.03. The molecule has 2 aromatic carbocycles. The Bertz CT molecular complexity index is 818. The number of nitrogens with zero attached hydrogens (tertiary/aromatic N) is 2. The van der Waals surface area contributed by atoms with E-state index in [1.807, 2.05) is 30.3 Å². The first-order valence-corrected chi connectivity index (χ1v) is 7.88. The highest BCUT2D eigenvalue weighted by molar-refractivity contribution is 6.30. The maximum Gasteiger partial charge on any atom is 0.311 e. The van der Waals surface area contributed by atoms with Crippen molar-refractivity contribution in [3.63, 3.8) is 0 Å². The molecule has 0 aliphatic carbocycles. The Labute approximate surface area is 144 Å². The molecule has 0 fully saturated rings. The van der Waals surface area contributed by atoms with E-state index in [-0.39, 0.29) is 12.4 Å². The van der Waals surface area contributed by atoms with Gasteiger partial charge in [0.1, 0.15) is 5.75 Å². The van der Waals surface area contributed by atoms with E-state index < -0.39 is 0 Å². The van der Waals surface area contributed by atoms with Crippen LogP contribution in [0, 0.1) is 0 Å². The number of aryl methyl sites for hydroxylation is 1. The second-order valence-electron chi connectivity index (χ2n) is 5.20. The lowest BCUT2D eigenvalue weighted by molar-refractivity contribution is -0.134. The van der Waals surface area contributed by atoms with Crippen molar-refractivity contribution in [1.82, 2.24) is 10.1 Å². The molecule has 0 radical (unpaired) electrons. The van der Waals surface area contributed by atoms with Crippen LogP contribution in [0.1, 0.15) is 23.7 Å². The largest absolute Gasteiger partial charge is 0.426 e. The van der Waals surface area contributed by atoms with Crippen LogP contribution in [-0.4, -0.2) is 16.1 Å². The third kappa shape index (κ3) is 4.67. The third-order valence-corrected chi connectivity index (χ3v) is 3.52. The first-order chi connectivity index (χ1) is 11.7.